The number of benzene rings is 7. The molecule has 0 amide bonds. The minimum absolute atomic E-state index is 0.708. The van der Waals surface area contributed by atoms with E-state index >= 15 is 0 Å². The van der Waals surface area contributed by atoms with E-state index in [1.165, 1.54) is 53.4 Å². The summed E-state index contributed by atoms with van der Waals surface area (Å²) in [6, 6.07) is 62.6. The topological polar surface area (TPSA) is 0 Å². The molecule has 0 aliphatic carbocycles. The van der Waals surface area contributed by atoms with Crippen molar-refractivity contribution in [2.24, 2.45) is 0 Å². The molecule has 0 saturated carbocycles. The fourth-order valence-electron chi connectivity index (χ4n) is 5.57. The van der Waals surface area contributed by atoms with Crippen molar-refractivity contribution in [3.05, 3.63) is 170 Å². The van der Waals surface area contributed by atoms with Gasteiger partial charge in [-0.2, -0.15) is 0 Å². The molecule has 0 nitrogen and oxygen atoms in total. The van der Waals surface area contributed by atoms with Crippen molar-refractivity contribution < 1.29 is 0 Å². The van der Waals surface area contributed by atoms with E-state index < -0.39 is 15.8 Å². The van der Waals surface area contributed by atoms with Gasteiger partial charge in [0.25, 0.3) is 0 Å². The normalized spacial score (nSPS) is 11.4. The fraction of sp³-hybridized carbons (Fsp3) is 0. The largest absolute Gasteiger partial charge is 0.0622 e. The Bertz CT molecular complexity index is 1670. The number of rotatable bonds is 6. The lowest BCUT2D eigenvalue weighted by molar-refractivity contribution is 1.75. The third-order valence-electron chi connectivity index (χ3n) is 7.37. The van der Waals surface area contributed by atoms with Gasteiger partial charge in [-0.25, -0.2) is 0 Å². The minimum Gasteiger partial charge on any atom is -0.0622 e. The average molecular weight is 547 g/mol. The lowest BCUT2D eigenvalue weighted by Gasteiger charge is -2.23. The molecule has 0 atom stereocenters. The molecule has 0 spiro atoms. The SMILES string of the molecule is c1ccc(P(c2ccccc2)c2cccc3cc4cccc(P(c5ccccc5)c5ccccc5)c4cc23)cc1. The molecule has 0 bridgehead atoms. The van der Waals surface area contributed by atoms with Crippen LogP contribution in [-0.4, -0.2) is 0 Å². The maximum atomic E-state index is 2.48. The zero-order valence-corrected chi connectivity index (χ0v) is 23.8. The Morgan fingerprint density at radius 1 is 0.275 bits per heavy atom. The molecule has 0 aliphatic heterocycles. The molecule has 0 radical (unpaired) electrons. The maximum absolute atomic E-state index is 2.48. The van der Waals surface area contributed by atoms with E-state index in [2.05, 4.69) is 170 Å². The van der Waals surface area contributed by atoms with Crippen molar-refractivity contribution in [1.82, 2.24) is 0 Å². The lowest BCUT2D eigenvalue weighted by Crippen LogP contribution is -2.22. The van der Waals surface area contributed by atoms with Gasteiger partial charge < -0.3 is 0 Å². The van der Waals surface area contributed by atoms with Crippen molar-refractivity contribution in [2.45, 2.75) is 0 Å². The molecular formula is C38H28P2. The second kappa shape index (κ2) is 11.2. The lowest BCUT2D eigenvalue weighted by atomic mass is 10.0. The zero-order valence-electron chi connectivity index (χ0n) is 22.1. The third kappa shape index (κ3) is 4.76. The Morgan fingerprint density at radius 3 is 0.925 bits per heavy atom. The summed E-state index contributed by atoms with van der Waals surface area (Å²) in [5, 5.41) is 13.6. The van der Waals surface area contributed by atoms with Gasteiger partial charge in [0.1, 0.15) is 0 Å². The quantitative estimate of drug-likeness (QED) is 0.150. The summed E-state index contributed by atoms with van der Waals surface area (Å²) in [6.45, 7) is 0. The molecule has 7 rings (SSSR count). The molecule has 2 heteroatoms. The van der Waals surface area contributed by atoms with Crippen molar-refractivity contribution in [3.8, 4) is 0 Å². The van der Waals surface area contributed by atoms with E-state index in [0.29, 0.717) is 0 Å². The van der Waals surface area contributed by atoms with Crippen LogP contribution in [0, 0.1) is 0 Å². The van der Waals surface area contributed by atoms with Crippen LogP contribution >= 0.6 is 15.8 Å². The van der Waals surface area contributed by atoms with Crippen LogP contribution in [0.15, 0.2) is 170 Å². The van der Waals surface area contributed by atoms with Crippen LogP contribution in [0.3, 0.4) is 0 Å². The van der Waals surface area contributed by atoms with Crippen LogP contribution in [0.2, 0.25) is 0 Å². The highest BCUT2D eigenvalue weighted by Crippen LogP contribution is 2.39. The van der Waals surface area contributed by atoms with Gasteiger partial charge in [-0.3, -0.25) is 0 Å². The summed E-state index contributed by atoms with van der Waals surface area (Å²) in [5.41, 5.74) is 0. The van der Waals surface area contributed by atoms with E-state index in [-0.39, 0.29) is 0 Å². The Morgan fingerprint density at radius 2 is 0.600 bits per heavy atom. The predicted octanol–water partition coefficient (Wildman–Crippen LogP) is 7.51. The van der Waals surface area contributed by atoms with Gasteiger partial charge in [-0.15, -0.1) is 0 Å². The monoisotopic (exact) mass is 546 g/mol. The van der Waals surface area contributed by atoms with Gasteiger partial charge in [0.2, 0.25) is 0 Å². The predicted molar refractivity (Wildman–Crippen MR) is 179 cm³/mol. The highest BCUT2D eigenvalue weighted by molar-refractivity contribution is 7.80. The summed E-state index contributed by atoms with van der Waals surface area (Å²) in [5.74, 6) is 0. The van der Waals surface area contributed by atoms with Gasteiger partial charge in [-0.1, -0.05) is 158 Å². The van der Waals surface area contributed by atoms with Gasteiger partial charge in [0, 0.05) is 0 Å². The third-order valence-corrected chi connectivity index (χ3v) is 12.4. The van der Waals surface area contributed by atoms with Crippen molar-refractivity contribution >= 4 is 69.2 Å². The van der Waals surface area contributed by atoms with Crippen LogP contribution < -0.4 is 31.8 Å². The Balaban J connectivity index is 1.50. The first-order chi connectivity index (χ1) is 19.9. The number of hydrogen-bond acceptors (Lipinski definition) is 0. The summed E-state index contributed by atoms with van der Waals surface area (Å²) >= 11 is 0. The van der Waals surface area contributed by atoms with Gasteiger partial charge in [0.15, 0.2) is 0 Å². The molecule has 0 N–H and O–H groups in total. The maximum Gasteiger partial charge on any atom is -0.00724 e. The Hall–Kier alpha value is -4.08. The van der Waals surface area contributed by atoms with Crippen molar-refractivity contribution in [1.29, 1.82) is 0 Å². The second-order valence-electron chi connectivity index (χ2n) is 9.86. The highest BCUT2D eigenvalue weighted by Gasteiger charge is 2.21. The van der Waals surface area contributed by atoms with Crippen LogP contribution in [-0.2, 0) is 0 Å². The molecule has 0 aliphatic rings. The van der Waals surface area contributed by atoms with Crippen LogP contribution in [0.4, 0.5) is 0 Å². The first-order valence-electron chi connectivity index (χ1n) is 13.6. The van der Waals surface area contributed by atoms with E-state index in [9.17, 15) is 0 Å². The summed E-state index contributed by atoms with van der Waals surface area (Å²) in [7, 11) is -1.42. The highest BCUT2D eigenvalue weighted by atomic mass is 31.1. The van der Waals surface area contributed by atoms with Crippen LogP contribution in [0.25, 0.3) is 21.5 Å². The van der Waals surface area contributed by atoms with Crippen LogP contribution in [0.1, 0.15) is 0 Å². The van der Waals surface area contributed by atoms with Gasteiger partial charge >= 0.3 is 0 Å². The molecule has 190 valence electrons. The number of hydrogen-bond donors (Lipinski definition) is 0. The molecule has 0 saturated heterocycles. The first-order valence-corrected chi connectivity index (χ1v) is 16.3. The van der Waals surface area contributed by atoms with Gasteiger partial charge in [-0.05, 0) is 81.3 Å². The van der Waals surface area contributed by atoms with Crippen molar-refractivity contribution in [2.75, 3.05) is 0 Å². The van der Waals surface area contributed by atoms with E-state index in [1.54, 1.807) is 0 Å². The summed E-state index contributed by atoms with van der Waals surface area (Å²) in [6.07, 6.45) is 0. The first kappa shape index (κ1) is 24.9. The molecule has 7 aromatic rings. The van der Waals surface area contributed by atoms with E-state index in [1.807, 2.05) is 0 Å². The Labute approximate surface area is 238 Å². The molecule has 0 heterocycles. The van der Waals surface area contributed by atoms with Crippen molar-refractivity contribution in [3.63, 3.8) is 0 Å². The molecule has 0 fully saturated rings. The van der Waals surface area contributed by atoms with Gasteiger partial charge in [0.05, 0.1) is 0 Å². The molecule has 40 heavy (non-hydrogen) atoms. The summed E-state index contributed by atoms with van der Waals surface area (Å²) in [4.78, 5) is 0. The zero-order chi connectivity index (χ0) is 26.7. The smallest absolute Gasteiger partial charge is 0.00724 e. The minimum atomic E-state index is -0.708. The molecule has 7 aromatic carbocycles. The fourth-order valence-corrected chi connectivity index (χ4v) is 10.5. The second-order valence-corrected chi connectivity index (χ2v) is 14.2. The van der Waals surface area contributed by atoms with Crippen LogP contribution in [0.5, 0.6) is 0 Å². The summed E-state index contributed by atoms with van der Waals surface area (Å²) < 4.78 is 0. The standard InChI is InChI=1S/C38H28P2/c1-5-17-31(18-6-1)39(32-19-7-2-8-20-32)37-25-13-15-29-27-30-16-14-26-38(36(30)28-35(29)37)40(33-21-9-3-10-22-33)34-23-11-4-12-24-34/h1-28H. The molecule has 0 aromatic heterocycles. The number of fused-ring (bicyclic) bond motifs is 2. The molecular weight excluding hydrogens is 518 g/mol. The Kier molecular flexibility index (Phi) is 6.97. The molecule has 0 unspecified atom stereocenters. The van der Waals surface area contributed by atoms with E-state index in [4.69, 9.17) is 0 Å². The van der Waals surface area contributed by atoms with E-state index in [0.717, 1.165) is 0 Å². The average Bonchev–Trinajstić information content (AvgIpc) is 3.03.